The molecule has 0 aromatic heterocycles. The predicted octanol–water partition coefficient (Wildman–Crippen LogP) is 3.51. The molecule has 0 saturated heterocycles. The number of carbonyl (C=O) groups is 1. The van der Waals surface area contributed by atoms with Gasteiger partial charge in [-0.25, -0.2) is 0 Å². The van der Waals surface area contributed by atoms with Crippen molar-refractivity contribution in [2.45, 2.75) is 31.3 Å². The Morgan fingerprint density at radius 1 is 0.810 bits per heavy atom. The zero-order chi connectivity index (χ0) is 14.7. The van der Waals surface area contributed by atoms with E-state index in [0.29, 0.717) is 6.42 Å². The first-order chi connectivity index (χ1) is 10.2. The van der Waals surface area contributed by atoms with E-state index >= 15 is 0 Å². The Bertz CT molecular complexity index is 621. The summed E-state index contributed by atoms with van der Waals surface area (Å²) < 4.78 is 14.0. The molecular formula is C18H19O2P. The number of ketones is 1. The Kier molecular flexibility index (Phi) is 4.07. The van der Waals surface area contributed by atoms with Gasteiger partial charge in [0.2, 0.25) is 0 Å². The van der Waals surface area contributed by atoms with E-state index in [2.05, 4.69) is 0 Å². The van der Waals surface area contributed by atoms with Crippen LogP contribution in [-0.2, 0) is 9.36 Å². The Morgan fingerprint density at radius 2 is 1.33 bits per heavy atom. The Hall–Kier alpha value is -1.66. The quantitative estimate of drug-likeness (QED) is 0.813. The minimum atomic E-state index is -2.91. The molecule has 1 saturated carbocycles. The summed E-state index contributed by atoms with van der Waals surface area (Å²) in [7, 11) is -2.91. The van der Waals surface area contributed by atoms with Gasteiger partial charge in [-0.3, -0.25) is 4.79 Å². The molecule has 0 aliphatic heterocycles. The molecule has 0 N–H and O–H groups in total. The number of carbonyl (C=O) groups excluding carboxylic acids is 1. The summed E-state index contributed by atoms with van der Waals surface area (Å²) in [6.45, 7) is 0. The van der Waals surface area contributed by atoms with E-state index in [0.717, 1.165) is 29.9 Å². The minimum absolute atomic E-state index is 0.164. The summed E-state index contributed by atoms with van der Waals surface area (Å²) in [5.41, 5.74) is -0.351. The normalized spacial score (nSPS) is 19.4. The highest BCUT2D eigenvalue weighted by Gasteiger charge is 2.41. The van der Waals surface area contributed by atoms with Gasteiger partial charge in [0.1, 0.15) is 5.78 Å². The lowest BCUT2D eigenvalue weighted by molar-refractivity contribution is -0.119. The van der Waals surface area contributed by atoms with Gasteiger partial charge < -0.3 is 4.57 Å². The summed E-state index contributed by atoms with van der Waals surface area (Å²) in [5, 5.41) is 1.60. The summed E-state index contributed by atoms with van der Waals surface area (Å²) in [5.74, 6) is 0.164. The summed E-state index contributed by atoms with van der Waals surface area (Å²) in [6.07, 6.45) is 3.22. The van der Waals surface area contributed by atoms with Gasteiger partial charge in [-0.2, -0.15) is 0 Å². The third-order valence-electron chi connectivity index (χ3n) is 4.24. The average Bonchev–Trinajstić information content (AvgIpc) is 2.56. The molecule has 3 rings (SSSR count). The van der Waals surface area contributed by atoms with Crippen LogP contribution in [0.5, 0.6) is 0 Å². The van der Waals surface area contributed by atoms with Gasteiger partial charge in [0.15, 0.2) is 7.14 Å². The molecule has 1 aliphatic carbocycles. The van der Waals surface area contributed by atoms with Crippen LogP contribution in [0.15, 0.2) is 60.7 Å². The van der Waals surface area contributed by atoms with Crippen LogP contribution < -0.4 is 10.6 Å². The van der Waals surface area contributed by atoms with Gasteiger partial charge >= 0.3 is 0 Å². The summed E-state index contributed by atoms with van der Waals surface area (Å²) in [6, 6.07) is 19.0. The molecule has 0 heterocycles. The topological polar surface area (TPSA) is 34.1 Å². The van der Waals surface area contributed by atoms with E-state index in [9.17, 15) is 9.36 Å². The molecule has 3 heteroatoms. The van der Waals surface area contributed by atoms with Crippen LogP contribution >= 0.6 is 7.14 Å². The molecule has 0 bridgehead atoms. The maximum absolute atomic E-state index is 14.0. The third-order valence-corrected chi connectivity index (χ3v) is 7.80. The smallest absolute Gasteiger partial charge is 0.153 e. The zero-order valence-electron chi connectivity index (χ0n) is 11.9. The fourth-order valence-electron chi connectivity index (χ4n) is 3.16. The van der Waals surface area contributed by atoms with Gasteiger partial charge in [-0.15, -0.1) is 0 Å². The van der Waals surface area contributed by atoms with Gasteiger partial charge in [0.05, 0.1) is 5.66 Å². The fourth-order valence-corrected chi connectivity index (χ4v) is 6.49. The van der Waals surface area contributed by atoms with E-state index in [1.165, 1.54) is 0 Å². The first kappa shape index (κ1) is 14.3. The van der Waals surface area contributed by atoms with Crippen LogP contribution in [0.1, 0.15) is 25.7 Å². The number of Topliss-reactive ketones (excluding diaryl/α,β-unsaturated/α-hetero) is 1. The SMILES string of the molecule is O=C1CCCCC1P(=O)(c1ccccc1)c1ccccc1. The highest BCUT2D eigenvalue weighted by Crippen LogP contribution is 2.52. The Labute approximate surface area is 125 Å². The van der Waals surface area contributed by atoms with Crippen LogP contribution in [0.4, 0.5) is 0 Å². The lowest BCUT2D eigenvalue weighted by Crippen LogP contribution is -2.33. The third kappa shape index (κ3) is 2.61. The molecule has 21 heavy (non-hydrogen) atoms. The molecule has 1 atom stereocenters. The van der Waals surface area contributed by atoms with Crippen molar-refractivity contribution in [3.63, 3.8) is 0 Å². The summed E-state index contributed by atoms with van der Waals surface area (Å²) >= 11 is 0. The van der Waals surface area contributed by atoms with Crippen LogP contribution in [0.3, 0.4) is 0 Å². The highest BCUT2D eigenvalue weighted by molar-refractivity contribution is 7.80. The zero-order valence-corrected chi connectivity index (χ0v) is 12.8. The van der Waals surface area contributed by atoms with Crippen molar-refractivity contribution in [3.05, 3.63) is 60.7 Å². The molecule has 2 aromatic carbocycles. The van der Waals surface area contributed by atoms with E-state index in [4.69, 9.17) is 0 Å². The minimum Gasteiger partial charge on any atom is -0.313 e. The molecule has 1 aliphatic rings. The molecule has 1 fully saturated rings. The first-order valence-electron chi connectivity index (χ1n) is 7.46. The largest absolute Gasteiger partial charge is 0.313 e. The van der Waals surface area contributed by atoms with Crippen LogP contribution in [0.25, 0.3) is 0 Å². The van der Waals surface area contributed by atoms with Crippen LogP contribution in [0, 0.1) is 0 Å². The number of benzene rings is 2. The second-order valence-electron chi connectivity index (χ2n) is 5.56. The number of hydrogen-bond donors (Lipinski definition) is 0. The van der Waals surface area contributed by atoms with Gasteiger partial charge in [0.25, 0.3) is 0 Å². The van der Waals surface area contributed by atoms with E-state index in [1.807, 2.05) is 60.7 Å². The Morgan fingerprint density at radius 3 is 1.81 bits per heavy atom. The second kappa shape index (κ2) is 5.99. The maximum atomic E-state index is 14.0. The molecule has 108 valence electrons. The first-order valence-corrected chi connectivity index (χ1v) is 9.24. The van der Waals surface area contributed by atoms with Crippen molar-refractivity contribution in [2.24, 2.45) is 0 Å². The predicted molar refractivity (Wildman–Crippen MR) is 87.0 cm³/mol. The molecule has 0 radical (unpaired) electrons. The van der Waals surface area contributed by atoms with Gasteiger partial charge in [0, 0.05) is 17.0 Å². The van der Waals surface area contributed by atoms with E-state index < -0.39 is 7.14 Å². The van der Waals surface area contributed by atoms with Crippen molar-refractivity contribution in [2.75, 3.05) is 0 Å². The monoisotopic (exact) mass is 298 g/mol. The van der Waals surface area contributed by atoms with Crippen LogP contribution in [0.2, 0.25) is 0 Å². The van der Waals surface area contributed by atoms with Crippen molar-refractivity contribution in [3.8, 4) is 0 Å². The van der Waals surface area contributed by atoms with Crippen LogP contribution in [-0.4, -0.2) is 11.4 Å². The highest BCUT2D eigenvalue weighted by atomic mass is 31.2. The van der Waals surface area contributed by atoms with Crippen molar-refractivity contribution < 1.29 is 9.36 Å². The van der Waals surface area contributed by atoms with Crippen molar-refractivity contribution in [1.82, 2.24) is 0 Å². The van der Waals surface area contributed by atoms with E-state index in [-0.39, 0.29) is 11.4 Å². The second-order valence-corrected chi connectivity index (χ2v) is 8.53. The number of hydrogen-bond acceptors (Lipinski definition) is 2. The molecule has 2 aromatic rings. The average molecular weight is 298 g/mol. The number of rotatable bonds is 3. The molecular weight excluding hydrogens is 279 g/mol. The van der Waals surface area contributed by atoms with Gasteiger partial charge in [-0.05, 0) is 12.8 Å². The molecule has 0 amide bonds. The molecule has 2 nitrogen and oxygen atoms in total. The summed E-state index contributed by atoms with van der Waals surface area (Å²) in [4.78, 5) is 12.4. The van der Waals surface area contributed by atoms with E-state index in [1.54, 1.807) is 0 Å². The van der Waals surface area contributed by atoms with Gasteiger partial charge in [-0.1, -0.05) is 67.1 Å². The standard InChI is InChI=1S/C18H19O2P/c19-17-13-7-8-14-18(17)21(20,15-9-3-1-4-10-15)16-11-5-2-6-12-16/h1-6,9-12,18H,7-8,13-14H2. The lowest BCUT2D eigenvalue weighted by atomic mass is 9.99. The lowest BCUT2D eigenvalue weighted by Gasteiger charge is -2.30. The Balaban J connectivity index is 2.16. The van der Waals surface area contributed by atoms with Crippen molar-refractivity contribution >= 4 is 23.5 Å². The fraction of sp³-hybridized carbons (Fsp3) is 0.278. The van der Waals surface area contributed by atoms with Crippen molar-refractivity contribution in [1.29, 1.82) is 0 Å². The maximum Gasteiger partial charge on any atom is 0.153 e. The molecule has 1 unspecified atom stereocenters. The molecule has 0 spiro atoms.